The second-order valence-electron chi connectivity index (χ2n) is 30.6. The molecular weight excluding hydrogens is 1940 g/mol. The van der Waals surface area contributed by atoms with Crippen molar-refractivity contribution >= 4 is 81.5 Å². The number of aromatic nitrogens is 36. The topological polar surface area (TPSA) is 824 Å². The highest BCUT2D eigenvalue weighted by Crippen LogP contribution is 2.22. The molecule has 0 atom stereocenters. The summed E-state index contributed by atoms with van der Waals surface area (Å²) in [6.07, 6.45) is 8.22. The number of carbonyl (C=O) groups is 6. The van der Waals surface area contributed by atoms with Crippen LogP contribution in [0.1, 0.15) is 151 Å². The number of hydrogen-bond donors (Lipinski definition) is 14. The van der Waals surface area contributed by atoms with Crippen LogP contribution in [0.25, 0.3) is 10.8 Å². The lowest BCUT2D eigenvalue weighted by Gasteiger charge is -2.07. The number of carboxylic acid groups (broad SMARTS) is 6. The molecule has 0 aliphatic rings. The minimum Gasteiger partial charge on any atom is -0.497 e. The van der Waals surface area contributed by atoms with Gasteiger partial charge in [-0.25, -0.2) is 84.6 Å². The van der Waals surface area contributed by atoms with E-state index in [2.05, 4.69) is 268 Å². The molecular formula is C85H88N44O19. The molecule has 0 radical (unpaired) electrons. The van der Waals surface area contributed by atoms with Crippen molar-refractivity contribution in [2.24, 2.45) is 0 Å². The average molecular weight is 2030 g/mol. The predicted molar refractivity (Wildman–Crippen MR) is 499 cm³/mol. The number of fused-ring (bicyclic) bond motifs is 1. The summed E-state index contributed by atoms with van der Waals surface area (Å²) in [5, 5.41) is 189. The molecule has 19 aromatic rings. The fourth-order valence-corrected chi connectivity index (χ4v) is 13.3. The van der Waals surface area contributed by atoms with E-state index in [4.69, 9.17) is 35.4 Å². The first kappa shape index (κ1) is 103. The van der Waals surface area contributed by atoms with Gasteiger partial charge in [0.1, 0.15) is 45.8 Å². The molecule has 19 rings (SSSR count). The van der Waals surface area contributed by atoms with E-state index in [-0.39, 0.29) is 109 Å². The molecule has 0 aliphatic carbocycles. The van der Waals surface area contributed by atoms with Crippen LogP contribution < -0.4 is 47.3 Å². The lowest BCUT2D eigenvalue weighted by molar-refractivity contribution is 0.0674. The van der Waals surface area contributed by atoms with Crippen LogP contribution >= 0.6 is 0 Å². The quantitative estimate of drug-likeness (QED) is 0.0228. The number of nitrogens with one attached hydrogen (secondary N) is 8. The SMILES string of the molecule is COc1ccc(CNCc2nnnn2CNc2nonc2C(=O)O)cc1.O=C(O)c1nonc1NCn1nnnc1CCCCc1ccccc1.O=C(O)c1nonc1NCn1nnnc1CCCc1ccccc1.O=C(O)c1nonc1NCn1nnnc1CCc1ccccc1.O=C(O)c1nonc1NCn1nnnc1CNCc1ccccc1.O=C(O)c1nonc1NCn1nnnc1Cc1ccc2ccccc2c1. The van der Waals surface area contributed by atoms with Crippen LogP contribution in [0.15, 0.2) is 216 Å². The van der Waals surface area contributed by atoms with Gasteiger partial charge in [0, 0.05) is 38.8 Å². The van der Waals surface area contributed by atoms with Crippen molar-refractivity contribution < 1.29 is 91.9 Å². The number of unbranched alkanes of at least 4 members (excludes halogenated alkanes) is 1. The van der Waals surface area contributed by atoms with Crippen LogP contribution in [0.3, 0.4) is 0 Å². The van der Waals surface area contributed by atoms with Gasteiger partial charge in [-0.05, 0) is 219 Å². The number of nitrogens with zero attached hydrogens (tertiary/aromatic N) is 36. The Labute approximate surface area is 829 Å². The summed E-state index contributed by atoms with van der Waals surface area (Å²) in [4.78, 5) is 65.7. The second kappa shape index (κ2) is 53.7. The Hall–Kier alpha value is -20.6. The van der Waals surface area contributed by atoms with E-state index in [0.717, 1.165) is 78.2 Å². The molecule has 0 saturated heterocycles. The van der Waals surface area contributed by atoms with Crippen molar-refractivity contribution in [2.45, 2.75) is 130 Å². The Morgan fingerprint density at radius 2 is 0.534 bits per heavy atom. The highest BCUT2D eigenvalue weighted by atomic mass is 16.6. The number of aryl methyl sites for hydroxylation is 6. The van der Waals surface area contributed by atoms with Gasteiger partial charge < -0.3 is 77.9 Å². The standard InChI is InChI=1S/C16H13N7O3.C15H17N7O3.C14H16N8O4.C14H15N7O3.C13H14N8O3.C13H13N7O3/c24-16(25)14-15(20-26-19-14)17-9-23-13(18-21-22-23)8-10-5-6-11-3-1-2-4-12(11)7-10;23-15(24)13-14(19-25-18-13)16-10-22-12(17-20-21-22)9-5-4-8-11-6-2-1-3-7-11;1-25-10-4-2-9(3-5-10)6-15-7-11-17-20-21-22(11)8-16-13-12(14(23)24)18-26-19-13;22-14(23)12-13(18-24-17-12)15-9-21-11(16-19-20-21)8-4-7-10-5-2-1-3-6-10;22-13(23)11-12(18-24-17-11)15-8-21-10(16-19-20-21)7-14-6-9-4-2-1-3-5-9;21-13(22)11-12(17-23-16-11)14-8-20-10(15-18-19-20)7-6-9-4-2-1-3-5-9/h1-7H,8-9H2,(H,17,20)(H,24,25);1-3,6-7H,4-5,8-10H2,(H,16,19)(H,23,24);2-5,15H,6-8H2,1H3,(H,16,19)(H,23,24);1-3,5-6H,4,7-9H2,(H,15,18)(H,22,23);1-5,14H,6-8H2,(H,15,18)(H,22,23);1-5H,6-8H2,(H,14,17)(H,21,22). The van der Waals surface area contributed by atoms with Gasteiger partial charge in [0.05, 0.1) is 20.2 Å². The van der Waals surface area contributed by atoms with Crippen LogP contribution in [0.4, 0.5) is 34.9 Å². The van der Waals surface area contributed by atoms with Crippen molar-refractivity contribution in [3.8, 4) is 5.75 Å². The summed E-state index contributed by atoms with van der Waals surface area (Å²) < 4.78 is 40.7. The molecule has 7 aromatic carbocycles. The fraction of sp³-hybridized carbons (Fsp3) is 0.247. The molecule has 0 aliphatic heterocycles. The van der Waals surface area contributed by atoms with Crippen LogP contribution in [-0.2, 0) is 111 Å². The molecule has 0 unspecified atom stereocenters. The van der Waals surface area contributed by atoms with Crippen molar-refractivity contribution in [3.05, 3.63) is 291 Å². The Morgan fingerprint density at radius 3 is 0.885 bits per heavy atom. The molecule has 0 bridgehead atoms. The zero-order valence-electron chi connectivity index (χ0n) is 77.6. The molecule has 63 heteroatoms. The number of benzene rings is 7. The number of methoxy groups -OCH3 is 1. The van der Waals surface area contributed by atoms with Gasteiger partial charge in [-0.1, -0.05) is 176 Å². The van der Waals surface area contributed by atoms with Gasteiger partial charge in [0.2, 0.25) is 69.1 Å². The summed E-state index contributed by atoms with van der Waals surface area (Å²) in [7, 11) is 1.62. The van der Waals surface area contributed by atoms with Crippen molar-refractivity contribution in [3.63, 3.8) is 0 Å². The molecule has 12 heterocycles. The van der Waals surface area contributed by atoms with E-state index in [9.17, 15) is 28.8 Å². The van der Waals surface area contributed by atoms with Crippen LogP contribution in [-0.4, -0.2) is 257 Å². The van der Waals surface area contributed by atoms with Gasteiger partial charge in [-0.15, -0.1) is 30.6 Å². The van der Waals surface area contributed by atoms with Crippen molar-refractivity contribution in [1.82, 2.24) is 194 Å². The molecule has 0 saturated carbocycles. The van der Waals surface area contributed by atoms with E-state index in [0.29, 0.717) is 80.4 Å². The van der Waals surface area contributed by atoms with Crippen molar-refractivity contribution in [2.75, 3.05) is 39.0 Å². The monoisotopic (exact) mass is 2030 g/mol. The number of hydrogen-bond acceptors (Lipinski definition) is 51. The number of aromatic carboxylic acids is 6. The first-order chi connectivity index (χ1) is 72.3. The Bertz CT molecular complexity index is 7210. The number of carboxylic acids is 6. The van der Waals surface area contributed by atoms with Gasteiger partial charge >= 0.3 is 35.8 Å². The zero-order chi connectivity index (χ0) is 103. The maximum atomic E-state index is 11.0. The van der Waals surface area contributed by atoms with E-state index in [1.807, 2.05) is 146 Å². The number of anilines is 6. The third-order valence-electron chi connectivity index (χ3n) is 20.7. The van der Waals surface area contributed by atoms with E-state index in [1.54, 1.807) is 16.5 Å². The van der Waals surface area contributed by atoms with Crippen LogP contribution in [0.5, 0.6) is 5.75 Å². The normalized spacial score (nSPS) is 10.7. The number of tetrazole rings is 6. The van der Waals surface area contributed by atoms with Crippen LogP contribution in [0.2, 0.25) is 0 Å². The van der Waals surface area contributed by atoms with Gasteiger partial charge in [0.15, 0.2) is 34.9 Å². The number of ether oxygens (including phenoxy) is 1. The smallest absolute Gasteiger partial charge is 0.362 e. The molecule has 0 amide bonds. The van der Waals surface area contributed by atoms with E-state index < -0.39 is 35.8 Å². The van der Waals surface area contributed by atoms with Gasteiger partial charge in [-0.2, -0.15) is 0 Å². The Kier molecular flexibility index (Phi) is 37.5. The molecule has 0 fully saturated rings. The first-order valence-electron chi connectivity index (χ1n) is 44.3. The third-order valence-corrected chi connectivity index (χ3v) is 20.7. The Morgan fingerprint density at radius 1 is 0.264 bits per heavy atom. The second-order valence-corrected chi connectivity index (χ2v) is 30.6. The molecule has 148 heavy (non-hydrogen) atoms. The van der Waals surface area contributed by atoms with E-state index in [1.165, 1.54) is 35.4 Å². The predicted octanol–water partition coefficient (Wildman–Crippen LogP) is 4.80. The maximum Gasteiger partial charge on any atom is 0.362 e. The maximum absolute atomic E-state index is 11.0. The highest BCUT2D eigenvalue weighted by molar-refractivity contribution is 5.93. The highest BCUT2D eigenvalue weighted by Gasteiger charge is 2.25. The summed E-state index contributed by atoms with van der Waals surface area (Å²) in [6.45, 7) is 3.05. The molecule has 12 aromatic heterocycles. The first-order valence-corrected chi connectivity index (χ1v) is 44.3. The molecule has 0 spiro atoms. The molecule has 63 nitrogen and oxygen atoms in total. The summed E-state index contributed by atoms with van der Waals surface area (Å²) in [5.74, 6) is -2.57. The van der Waals surface area contributed by atoms with Gasteiger partial charge in [-0.3, -0.25) is 0 Å². The summed E-state index contributed by atoms with van der Waals surface area (Å²) in [5.41, 5.74) is 5.29. The minimum atomic E-state index is -1.24. The average Bonchev–Trinajstić information content (AvgIpc) is 1.50. The van der Waals surface area contributed by atoms with Crippen molar-refractivity contribution in [1.29, 1.82) is 0 Å². The minimum absolute atomic E-state index is 0.00476. The third kappa shape index (κ3) is 30.7. The van der Waals surface area contributed by atoms with Gasteiger partial charge in [0.25, 0.3) is 0 Å². The largest absolute Gasteiger partial charge is 0.497 e. The molecule has 14 N–H and O–H groups in total. The number of rotatable bonds is 47. The zero-order valence-corrected chi connectivity index (χ0v) is 77.6. The lowest BCUT2D eigenvalue weighted by atomic mass is 10.1. The summed E-state index contributed by atoms with van der Waals surface area (Å²) >= 11 is 0. The molecule has 762 valence electrons. The lowest BCUT2D eigenvalue weighted by Crippen LogP contribution is -2.20. The fourth-order valence-electron chi connectivity index (χ4n) is 13.3. The van der Waals surface area contributed by atoms with E-state index >= 15 is 0 Å². The van der Waals surface area contributed by atoms with Crippen LogP contribution in [0, 0.1) is 0 Å². The summed E-state index contributed by atoms with van der Waals surface area (Å²) in [6, 6.07) is 62.3. The Balaban J connectivity index is 0.000000140.